The highest BCUT2D eigenvalue weighted by atomic mass is 127. The summed E-state index contributed by atoms with van der Waals surface area (Å²) in [5, 5.41) is 1.14. The number of nitrogens with zero attached hydrogens (tertiary/aromatic N) is 3. The van der Waals surface area contributed by atoms with Crippen molar-refractivity contribution >= 4 is 41.7 Å². The number of aromatic nitrogens is 3. The fourth-order valence-corrected chi connectivity index (χ4v) is 3.59. The third-order valence-electron chi connectivity index (χ3n) is 3.02. The van der Waals surface area contributed by atoms with E-state index < -0.39 is 8.07 Å². The van der Waals surface area contributed by atoms with Gasteiger partial charge in [0.05, 0.1) is 11.1 Å². The van der Waals surface area contributed by atoms with Crippen LogP contribution in [0.3, 0.4) is 0 Å². The Morgan fingerprint density at radius 2 is 2.05 bits per heavy atom. The Balaban J connectivity index is 2.08. The number of fused-ring (bicyclic) bond motifs is 1. The molecule has 2 heterocycles. The maximum atomic E-state index is 5.79. The normalized spacial score (nSPS) is 12.3. The van der Waals surface area contributed by atoms with Crippen LogP contribution in [0.4, 0.5) is 0 Å². The van der Waals surface area contributed by atoms with Crippen LogP contribution in [0.2, 0.25) is 25.7 Å². The lowest BCUT2D eigenvalue weighted by Gasteiger charge is -2.15. The first-order chi connectivity index (χ1) is 8.88. The molecule has 2 rings (SSSR count). The predicted molar refractivity (Wildman–Crippen MR) is 89.1 cm³/mol. The summed E-state index contributed by atoms with van der Waals surface area (Å²) >= 11 is 2.33. The topological polar surface area (TPSA) is 39.9 Å². The third-order valence-corrected chi connectivity index (χ3v) is 5.55. The second-order valence-corrected chi connectivity index (χ2v) is 12.7. The van der Waals surface area contributed by atoms with Gasteiger partial charge in [-0.3, -0.25) is 0 Å². The molecule has 0 bridgehead atoms. The largest absolute Gasteiger partial charge is 0.361 e. The minimum absolute atomic E-state index is 0.570. The molecule has 0 radical (unpaired) electrons. The van der Waals surface area contributed by atoms with E-state index in [9.17, 15) is 0 Å². The van der Waals surface area contributed by atoms with Crippen molar-refractivity contribution in [3.63, 3.8) is 0 Å². The lowest BCUT2D eigenvalue weighted by Crippen LogP contribution is -2.22. The van der Waals surface area contributed by atoms with Gasteiger partial charge in [0.2, 0.25) is 0 Å². The van der Waals surface area contributed by atoms with Gasteiger partial charge in [-0.25, -0.2) is 9.97 Å². The zero-order valence-electron chi connectivity index (χ0n) is 11.9. The standard InChI is InChI=1S/C13H20IN3OSi/c1-10-12-11(14)7-17(13(12)16-8-15-10)9-18-5-6-19(2,3)4/h7-8H,5-6,9H2,1-4H3. The Morgan fingerprint density at radius 1 is 1.32 bits per heavy atom. The number of hydrogen-bond acceptors (Lipinski definition) is 3. The molecule has 0 spiro atoms. The predicted octanol–water partition coefficient (Wildman–Crippen LogP) is 3.66. The molecule has 0 aromatic carbocycles. The van der Waals surface area contributed by atoms with E-state index in [1.807, 2.05) is 6.92 Å². The second-order valence-electron chi connectivity index (χ2n) is 5.95. The summed E-state index contributed by atoms with van der Waals surface area (Å²) in [5.74, 6) is 0. The van der Waals surface area contributed by atoms with Crippen LogP contribution in [0.15, 0.2) is 12.5 Å². The van der Waals surface area contributed by atoms with Crippen LogP contribution in [-0.4, -0.2) is 29.2 Å². The first-order valence-corrected chi connectivity index (χ1v) is 11.2. The molecule has 4 nitrogen and oxygen atoms in total. The number of aryl methyl sites for hydroxylation is 1. The van der Waals surface area contributed by atoms with Gasteiger partial charge in [0, 0.05) is 24.4 Å². The monoisotopic (exact) mass is 389 g/mol. The molecule has 0 atom stereocenters. The molecule has 2 aromatic rings. The summed E-state index contributed by atoms with van der Waals surface area (Å²) in [6, 6.07) is 1.19. The highest BCUT2D eigenvalue weighted by molar-refractivity contribution is 14.1. The van der Waals surface area contributed by atoms with Crippen molar-refractivity contribution in [3.8, 4) is 0 Å². The van der Waals surface area contributed by atoms with Gasteiger partial charge in [0.25, 0.3) is 0 Å². The number of ether oxygens (including phenoxy) is 1. The van der Waals surface area contributed by atoms with Crippen molar-refractivity contribution in [3.05, 3.63) is 21.8 Å². The maximum absolute atomic E-state index is 5.79. The molecule has 0 saturated heterocycles. The van der Waals surface area contributed by atoms with E-state index in [0.29, 0.717) is 6.73 Å². The summed E-state index contributed by atoms with van der Waals surface area (Å²) in [6.07, 6.45) is 3.70. The van der Waals surface area contributed by atoms with E-state index in [-0.39, 0.29) is 0 Å². The molecule has 0 saturated carbocycles. The van der Waals surface area contributed by atoms with Gasteiger partial charge >= 0.3 is 0 Å². The summed E-state index contributed by atoms with van der Waals surface area (Å²) in [4.78, 5) is 8.61. The van der Waals surface area contributed by atoms with Gasteiger partial charge in [-0.05, 0) is 35.6 Å². The van der Waals surface area contributed by atoms with E-state index in [1.54, 1.807) is 6.33 Å². The smallest absolute Gasteiger partial charge is 0.146 e. The third kappa shape index (κ3) is 3.76. The van der Waals surface area contributed by atoms with Crippen LogP contribution >= 0.6 is 22.6 Å². The van der Waals surface area contributed by atoms with Crippen molar-refractivity contribution in [2.24, 2.45) is 0 Å². The Hall–Kier alpha value is -0.473. The fourth-order valence-electron chi connectivity index (χ4n) is 1.86. The van der Waals surface area contributed by atoms with E-state index >= 15 is 0 Å². The molecule has 0 aliphatic carbocycles. The average Bonchev–Trinajstić information content (AvgIpc) is 2.62. The molecule has 0 N–H and O–H groups in total. The first kappa shape index (κ1) is 14.9. The van der Waals surface area contributed by atoms with Crippen molar-refractivity contribution in [2.75, 3.05) is 6.61 Å². The molecule has 0 aliphatic rings. The highest BCUT2D eigenvalue weighted by Gasteiger charge is 2.13. The molecular weight excluding hydrogens is 369 g/mol. The number of rotatable bonds is 5. The molecule has 0 amide bonds. The lowest BCUT2D eigenvalue weighted by molar-refractivity contribution is 0.0898. The summed E-state index contributed by atoms with van der Waals surface area (Å²) in [6.45, 7) is 10.5. The van der Waals surface area contributed by atoms with Gasteiger partial charge in [0.15, 0.2) is 0 Å². The molecule has 19 heavy (non-hydrogen) atoms. The zero-order chi connectivity index (χ0) is 14.0. The Labute approximate surface area is 128 Å². The van der Waals surface area contributed by atoms with Crippen LogP contribution in [0, 0.1) is 10.5 Å². The zero-order valence-corrected chi connectivity index (χ0v) is 15.1. The molecular formula is C13H20IN3OSi. The second kappa shape index (κ2) is 5.88. The number of halogens is 1. The molecule has 0 fully saturated rings. The van der Waals surface area contributed by atoms with Crippen molar-refractivity contribution < 1.29 is 4.74 Å². The quantitative estimate of drug-likeness (QED) is 0.445. The summed E-state index contributed by atoms with van der Waals surface area (Å²) in [5.41, 5.74) is 1.99. The molecule has 104 valence electrons. The highest BCUT2D eigenvalue weighted by Crippen LogP contribution is 2.23. The molecule has 6 heteroatoms. The Morgan fingerprint density at radius 3 is 2.74 bits per heavy atom. The van der Waals surface area contributed by atoms with Crippen LogP contribution in [-0.2, 0) is 11.5 Å². The van der Waals surface area contributed by atoms with E-state index in [1.165, 1.54) is 9.61 Å². The lowest BCUT2D eigenvalue weighted by atomic mass is 10.3. The minimum atomic E-state index is -1.01. The van der Waals surface area contributed by atoms with Crippen LogP contribution < -0.4 is 0 Å². The van der Waals surface area contributed by atoms with Gasteiger partial charge in [-0.15, -0.1) is 0 Å². The molecule has 0 unspecified atom stereocenters. The summed E-state index contributed by atoms with van der Waals surface area (Å²) < 4.78 is 9.04. The van der Waals surface area contributed by atoms with Crippen molar-refractivity contribution in [2.45, 2.75) is 39.3 Å². The van der Waals surface area contributed by atoms with Gasteiger partial charge in [-0.1, -0.05) is 19.6 Å². The van der Waals surface area contributed by atoms with E-state index in [4.69, 9.17) is 4.74 Å². The van der Waals surface area contributed by atoms with Gasteiger partial charge in [-0.2, -0.15) is 0 Å². The molecule has 2 aromatic heterocycles. The van der Waals surface area contributed by atoms with Crippen LogP contribution in [0.25, 0.3) is 11.0 Å². The van der Waals surface area contributed by atoms with Crippen LogP contribution in [0.1, 0.15) is 5.69 Å². The molecule has 0 aliphatic heterocycles. The summed E-state index contributed by atoms with van der Waals surface area (Å²) in [7, 11) is -1.01. The maximum Gasteiger partial charge on any atom is 0.146 e. The first-order valence-electron chi connectivity index (χ1n) is 6.42. The van der Waals surface area contributed by atoms with Crippen LogP contribution in [0.5, 0.6) is 0 Å². The SMILES string of the molecule is Cc1ncnc2c1c(I)cn2COCC[Si](C)(C)C. The fraction of sp³-hybridized carbons (Fsp3) is 0.538. The van der Waals surface area contributed by atoms with Crippen molar-refractivity contribution in [1.29, 1.82) is 0 Å². The van der Waals surface area contributed by atoms with Crippen molar-refractivity contribution in [1.82, 2.24) is 14.5 Å². The van der Waals surface area contributed by atoms with E-state index in [0.717, 1.165) is 23.3 Å². The average molecular weight is 389 g/mol. The van der Waals surface area contributed by atoms with E-state index in [2.05, 4.69) is 63.0 Å². The van der Waals surface area contributed by atoms with Gasteiger partial charge in [0.1, 0.15) is 18.7 Å². The minimum Gasteiger partial charge on any atom is -0.361 e. The Kier molecular flexibility index (Phi) is 4.62. The van der Waals surface area contributed by atoms with Gasteiger partial charge < -0.3 is 9.30 Å². The Bertz CT molecular complexity index is 577. The number of hydrogen-bond donors (Lipinski definition) is 0.